The summed E-state index contributed by atoms with van der Waals surface area (Å²) in [5.74, 6) is -5.60. The van der Waals surface area contributed by atoms with E-state index in [0.717, 1.165) is 6.26 Å². The predicted molar refractivity (Wildman–Crippen MR) is 107 cm³/mol. The second-order valence-corrected chi connectivity index (χ2v) is 10.6. The predicted octanol–water partition coefficient (Wildman–Crippen LogP) is 0.0474. The Bertz CT molecular complexity index is 893. The van der Waals surface area contributed by atoms with E-state index in [1.54, 1.807) is 20.8 Å². The third kappa shape index (κ3) is 5.00. The van der Waals surface area contributed by atoms with Gasteiger partial charge in [-0.3, -0.25) is 9.59 Å². The van der Waals surface area contributed by atoms with Crippen molar-refractivity contribution in [3.63, 3.8) is 0 Å². The van der Waals surface area contributed by atoms with Crippen LogP contribution in [0.4, 0.5) is 4.79 Å². The van der Waals surface area contributed by atoms with E-state index in [9.17, 15) is 27.6 Å². The van der Waals surface area contributed by atoms with Gasteiger partial charge in [-0.05, 0) is 34.6 Å². The molecule has 2 rings (SSSR count). The summed E-state index contributed by atoms with van der Waals surface area (Å²) in [6.07, 6.45) is -0.00315. The van der Waals surface area contributed by atoms with E-state index in [1.807, 2.05) is 0 Å². The molecule has 2 N–H and O–H groups in total. The fourth-order valence-electron chi connectivity index (χ4n) is 3.77. The van der Waals surface area contributed by atoms with E-state index in [4.69, 9.17) is 14.2 Å². The Kier molecular flexibility index (Phi) is 6.74. The molecule has 12 heteroatoms. The number of sulfone groups is 1. The van der Waals surface area contributed by atoms with Crippen molar-refractivity contribution in [1.82, 2.24) is 10.6 Å². The summed E-state index contributed by atoms with van der Waals surface area (Å²) in [5.41, 5.74) is -2.78. The first-order chi connectivity index (χ1) is 14.2. The minimum absolute atomic E-state index is 0.0681. The number of amides is 2. The molecule has 2 aliphatic rings. The zero-order chi connectivity index (χ0) is 23.8. The smallest absolute Gasteiger partial charge is 0.408 e. The molecule has 1 heterocycles. The molecule has 1 aliphatic carbocycles. The van der Waals surface area contributed by atoms with Crippen LogP contribution in [0, 0.1) is 11.8 Å². The first kappa shape index (κ1) is 24.6. The van der Waals surface area contributed by atoms with Crippen molar-refractivity contribution in [1.29, 1.82) is 0 Å². The van der Waals surface area contributed by atoms with Crippen molar-refractivity contribution in [2.75, 3.05) is 12.4 Å². The third-order valence-corrected chi connectivity index (χ3v) is 7.22. The Morgan fingerprint density at radius 1 is 1.26 bits per heavy atom. The Balaban J connectivity index is 2.28. The average molecular weight is 461 g/mol. The summed E-state index contributed by atoms with van der Waals surface area (Å²) in [6.45, 7) is 11.0. The number of fused-ring (bicyclic) bond motifs is 1. The Labute approximate surface area is 180 Å². The van der Waals surface area contributed by atoms with Gasteiger partial charge in [-0.15, -0.1) is 0 Å². The van der Waals surface area contributed by atoms with Crippen LogP contribution in [0.25, 0.3) is 0 Å². The van der Waals surface area contributed by atoms with E-state index >= 15 is 0 Å². The van der Waals surface area contributed by atoms with E-state index in [-0.39, 0.29) is 6.61 Å². The molecule has 1 saturated heterocycles. The first-order valence-corrected chi connectivity index (χ1v) is 11.4. The fraction of sp³-hybridized carbons (Fsp3) is 0.684. The number of hydrogen-bond acceptors (Lipinski definition) is 9. The fourth-order valence-corrected chi connectivity index (χ4v) is 6.47. The highest BCUT2D eigenvalue weighted by Crippen LogP contribution is 2.58. The van der Waals surface area contributed by atoms with Gasteiger partial charge in [0.15, 0.2) is 15.4 Å². The summed E-state index contributed by atoms with van der Waals surface area (Å²) in [5, 5.41) is 3.56. The molecule has 5 atom stereocenters. The molecule has 0 aromatic carbocycles. The lowest BCUT2D eigenvalue weighted by molar-refractivity contribution is -0.154. The molecular weight excluding hydrogens is 432 g/mol. The largest absolute Gasteiger partial charge is 0.464 e. The van der Waals surface area contributed by atoms with Gasteiger partial charge in [-0.25, -0.2) is 18.0 Å². The van der Waals surface area contributed by atoms with Gasteiger partial charge in [0.05, 0.1) is 29.8 Å². The molecule has 174 valence electrons. The molecular formula is C19H28N2O9S. The van der Waals surface area contributed by atoms with Gasteiger partial charge in [0.1, 0.15) is 11.6 Å². The van der Waals surface area contributed by atoms with E-state index < -0.39 is 73.8 Å². The standard InChI is InChI=1S/C19H28N2O9S/c1-7-28-15(23)11-12-13(11)31(26,27)9-19(12,16(24)29-8-2)21-14(22)10(3)20-17(25)30-18(4,5)6/h7,10-13H,1,8-9H2,2-6H3,(H,20,25)(H,21,22)/t10-,11-,12-,13+,19?/m1/s1. The maximum absolute atomic E-state index is 12.8. The second kappa shape index (κ2) is 8.48. The summed E-state index contributed by atoms with van der Waals surface area (Å²) in [6, 6.07) is -1.17. The van der Waals surface area contributed by atoms with Gasteiger partial charge in [0, 0.05) is 5.92 Å². The summed E-state index contributed by atoms with van der Waals surface area (Å²) in [7, 11) is -3.92. The molecule has 1 unspecified atom stereocenters. The van der Waals surface area contributed by atoms with Gasteiger partial charge in [-0.2, -0.15) is 0 Å². The Morgan fingerprint density at radius 3 is 2.39 bits per heavy atom. The number of esters is 2. The average Bonchev–Trinajstić information content (AvgIpc) is 3.32. The summed E-state index contributed by atoms with van der Waals surface area (Å²) in [4.78, 5) is 49.7. The van der Waals surface area contributed by atoms with Crippen LogP contribution in [0.5, 0.6) is 0 Å². The van der Waals surface area contributed by atoms with Gasteiger partial charge >= 0.3 is 18.0 Å². The highest BCUT2D eigenvalue weighted by molar-refractivity contribution is 7.92. The normalized spacial score (nSPS) is 29.0. The molecule has 1 saturated carbocycles. The molecule has 1 aliphatic heterocycles. The van der Waals surface area contributed by atoms with Crippen LogP contribution >= 0.6 is 0 Å². The number of rotatable bonds is 7. The van der Waals surface area contributed by atoms with Gasteiger partial charge < -0.3 is 24.8 Å². The number of ether oxygens (including phenoxy) is 3. The molecule has 2 fully saturated rings. The lowest BCUT2D eigenvalue weighted by atomic mass is 9.93. The SMILES string of the molecule is C=COC(=O)[C@@H]1[C@@H]2[C@H]1S(=O)(=O)CC2(NC(=O)[C@@H](C)NC(=O)OC(C)(C)C)C(=O)OCC. The first-order valence-electron chi connectivity index (χ1n) is 9.72. The van der Waals surface area contributed by atoms with Crippen molar-refractivity contribution in [3.8, 4) is 0 Å². The molecule has 11 nitrogen and oxygen atoms in total. The number of nitrogens with one attached hydrogen (secondary N) is 2. The van der Waals surface area contributed by atoms with Crippen LogP contribution in [0.3, 0.4) is 0 Å². The minimum Gasteiger partial charge on any atom is -0.464 e. The van der Waals surface area contributed by atoms with Crippen LogP contribution in [-0.4, -0.2) is 67.1 Å². The van der Waals surface area contributed by atoms with Gasteiger partial charge in [-0.1, -0.05) is 6.58 Å². The zero-order valence-corrected chi connectivity index (χ0v) is 18.9. The van der Waals surface area contributed by atoms with Crippen LogP contribution in [-0.2, 0) is 38.4 Å². The number of alkyl carbamates (subject to hydrolysis) is 1. The molecule has 0 bridgehead atoms. The van der Waals surface area contributed by atoms with Crippen molar-refractivity contribution < 1.29 is 41.8 Å². The zero-order valence-electron chi connectivity index (χ0n) is 18.1. The Morgan fingerprint density at radius 2 is 1.87 bits per heavy atom. The number of hydrogen-bond donors (Lipinski definition) is 2. The van der Waals surface area contributed by atoms with E-state index in [2.05, 4.69) is 17.2 Å². The quantitative estimate of drug-likeness (QED) is 0.304. The lowest BCUT2D eigenvalue weighted by Crippen LogP contribution is -2.62. The molecule has 0 radical (unpaired) electrons. The molecule has 0 spiro atoms. The van der Waals surface area contributed by atoms with Crippen molar-refractivity contribution in [2.45, 2.75) is 57.1 Å². The number of carbonyl (C=O) groups excluding carboxylic acids is 4. The highest BCUT2D eigenvalue weighted by Gasteiger charge is 2.79. The van der Waals surface area contributed by atoms with E-state index in [0.29, 0.717) is 0 Å². The highest BCUT2D eigenvalue weighted by atomic mass is 32.2. The van der Waals surface area contributed by atoms with Crippen molar-refractivity contribution in [2.24, 2.45) is 11.8 Å². The second-order valence-electron chi connectivity index (χ2n) is 8.48. The molecule has 0 aromatic heterocycles. The topological polar surface area (TPSA) is 154 Å². The minimum atomic E-state index is -3.92. The third-order valence-electron chi connectivity index (χ3n) is 4.95. The van der Waals surface area contributed by atoms with Gasteiger partial charge in [0.2, 0.25) is 5.91 Å². The van der Waals surface area contributed by atoms with Crippen LogP contribution < -0.4 is 10.6 Å². The summed E-state index contributed by atoms with van der Waals surface area (Å²) >= 11 is 0. The van der Waals surface area contributed by atoms with Gasteiger partial charge in [0.25, 0.3) is 0 Å². The Hall–Kier alpha value is -2.63. The summed E-state index contributed by atoms with van der Waals surface area (Å²) < 4.78 is 40.1. The molecule has 2 amide bonds. The maximum atomic E-state index is 12.8. The maximum Gasteiger partial charge on any atom is 0.408 e. The van der Waals surface area contributed by atoms with Crippen LogP contribution in [0.15, 0.2) is 12.8 Å². The van der Waals surface area contributed by atoms with Crippen LogP contribution in [0.2, 0.25) is 0 Å². The van der Waals surface area contributed by atoms with Crippen molar-refractivity contribution in [3.05, 3.63) is 12.8 Å². The molecule has 31 heavy (non-hydrogen) atoms. The lowest BCUT2D eigenvalue weighted by Gasteiger charge is -2.31. The van der Waals surface area contributed by atoms with Crippen LogP contribution in [0.1, 0.15) is 34.6 Å². The van der Waals surface area contributed by atoms with E-state index in [1.165, 1.54) is 13.8 Å². The number of carbonyl (C=O) groups is 4. The van der Waals surface area contributed by atoms with Crippen molar-refractivity contribution >= 4 is 33.8 Å². The monoisotopic (exact) mass is 460 g/mol. The molecule has 0 aromatic rings.